The van der Waals surface area contributed by atoms with Gasteiger partial charge in [0.15, 0.2) is 0 Å². The highest BCUT2D eigenvalue weighted by Gasteiger charge is 2.42. The molecule has 1 aromatic rings. The highest BCUT2D eigenvalue weighted by atomic mass is 14.6. The molecule has 0 saturated heterocycles. The van der Waals surface area contributed by atoms with E-state index in [-0.39, 0.29) is 0 Å². The first-order valence-electron chi connectivity index (χ1n) is 6.24. The average Bonchev–Trinajstić information content (AvgIpc) is 2.24. The van der Waals surface area contributed by atoms with Crippen molar-refractivity contribution in [3.63, 3.8) is 0 Å². The number of nitrogen functional groups attached to an aromatic ring is 1. The molecule has 0 radical (unpaired) electrons. The molecule has 1 saturated carbocycles. The predicted octanol–water partition coefficient (Wildman–Crippen LogP) is 3.97. The Morgan fingerprint density at radius 1 is 1.31 bits per heavy atom. The Labute approximate surface area is 97.4 Å². The normalized spacial score (nSPS) is 26.8. The van der Waals surface area contributed by atoms with Crippen molar-refractivity contribution < 1.29 is 0 Å². The third kappa shape index (κ3) is 1.17. The van der Waals surface area contributed by atoms with Crippen LogP contribution >= 0.6 is 0 Å². The van der Waals surface area contributed by atoms with Crippen molar-refractivity contribution in [2.24, 2.45) is 0 Å². The Bertz CT molecular complexity index is 466. The molecule has 2 N–H and O–H groups in total. The minimum Gasteiger partial charge on any atom is -0.398 e. The van der Waals surface area contributed by atoms with Crippen molar-refractivity contribution in [2.75, 3.05) is 5.73 Å². The van der Waals surface area contributed by atoms with Crippen molar-refractivity contribution in [1.29, 1.82) is 0 Å². The first-order chi connectivity index (χ1) is 7.70. The Morgan fingerprint density at radius 3 is 2.88 bits per heavy atom. The highest BCUT2D eigenvalue weighted by Crippen LogP contribution is 2.59. The van der Waals surface area contributed by atoms with Crippen LogP contribution in [0.25, 0.3) is 0 Å². The number of hydrogen-bond donors (Lipinski definition) is 1. The summed E-state index contributed by atoms with van der Waals surface area (Å²) in [4.78, 5) is 0. The molecule has 1 fully saturated rings. The zero-order valence-corrected chi connectivity index (χ0v) is 10.1. The molecule has 84 valence electrons. The van der Waals surface area contributed by atoms with Gasteiger partial charge in [0.2, 0.25) is 0 Å². The summed E-state index contributed by atoms with van der Waals surface area (Å²) in [7, 11) is 0. The van der Waals surface area contributed by atoms with E-state index in [1.54, 1.807) is 5.57 Å². The number of benzene rings is 1. The third-order valence-electron chi connectivity index (χ3n) is 4.26. The maximum atomic E-state index is 6.08. The summed E-state index contributed by atoms with van der Waals surface area (Å²) in [6, 6.07) is 6.41. The van der Waals surface area contributed by atoms with Gasteiger partial charge in [-0.15, -0.1) is 0 Å². The lowest BCUT2D eigenvalue weighted by atomic mass is 9.58. The number of fused-ring (bicyclic) bond motifs is 4. The van der Waals surface area contributed by atoms with E-state index < -0.39 is 0 Å². The fourth-order valence-corrected chi connectivity index (χ4v) is 3.56. The molecule has 1 nitrogen and oxygen atoms in total. The quantitative estimate of drug-likeness (QED) is 0.512. The molecular formula is C15H19N. The summed E-state index contributed by atoms with van der Waals surface area (Å²) in [6.45, 7) is 4.50. The molecule has 0 aliphatic heterocycles. The Hall–Kier alpha value is -1.24. The zero-order chi connectivity index (χ0) is 11.3. The van der Waals surface area contributed by atoms with E-state index in [0.717, 1.165) is 11.6 Å². The molecule has 0 aromatic heterocycles. The van der Waals surface area contributed by atoms with Gasteiger partial charge in [-0.25, -0.2) is 0 Å². The van der Waals surface area contributed by atoms with Crippen LogP contribution < -0.4 is 5.73 Å². The van der Waals surface area contributed by atoms with Gasteiger partial charge in [0.25, 0.3) is 0 Å². The number of anilines is 1. The molecule has 3 rings (SSSR count). The van der Waals surface area contributed by atoms with Gasteiger partial charge < -0.3 is 5.73 Å². The summed E-state index contributed by atoms with van der Waals surface area (Å²) in [5.41, 5.74) is 13.2. The molecule has 2 aliphatic carbocycles. The van der Waals surface area contributed by atoms with Crippen LogP contribution in [0.4, 0.5) is 5.69 Å². The molecule has 1 heteroatoms. The van der Waals surface area contributed by atoms with Crippen molar-refractivity contribution in [2.45, 2.75) is 44.9 Å². The summed E-state index contributed by atoms with van der Waals surface area (Å²) in [5.74, 6) is 1.41. The van der Waals surface area contributed by atoms with E-state index in [4.69, 9.17) is 5.73 Å². The summed E-state index contributed by atoms with van der Waals surface area (Å²) >= 11 is 0. The zero-order valence-electron chi connectivity index (χ0n) is 10.1. The first kappa shape index (κ1) is 9.95. The second kappa shape index (κ2) is 3.38. The molecule has 0 bridgehead atoms. The van der Waals surface area contributed by atoms with Crippen molar-refractivity contribution in [1.82, 2.24) is 0 Å². The van der Waals surface area contributed by atoms with Crippen LogP contribution in [-0.2, 0) is 0 Å². The highest BCUT2D eigenvalue weighted by molar-refractivity contribution is 5.64. The van der Waals surface area contributed by atoms with Crippen LogP contribution in [0.1, 0.15) is 56.1 Å². The molecule has 0 amide bonds. The topological polar surface area (TPSA) is 26.0 Å². The molecule has 0 spiro atoms. The number of rotatable bonds is 0. The molecule has 2 aliphatic rings. The summed E-state index contributed by atoms with van der Waals surface area (Å²) in [6.07, 6.45) is 3.94. The average molecular weight is 213 g/mol. The Balaban J connectivity index is 2.11. The lowest BCUT2D eigenvalue weighted by molar-refractivity contribution is 0.415. The first-order valence-corrected chi connectivity index (χ1v) is 6.24. The molecule has 16 heavy (non-hydrogen) atoms. The van der Waals surface area contributed by atoms with Crippen LogP contribution in [0.5, 0.6) is 0 Å². The van der Waals surface area contributed by atoms with E-state index in [2.05, 4.69) is 26.0 Å². The smallest absolute Gasteiger partial charge is 0.0352 e. The van der Waals surface area contributed by atoms with Gasteiger partial charge in [0, 0.05) is 11.6 Å². The van der Waals surface area contributed by atoms with E-state index in [1.165, 1.54) is 36.0 Å². The van der Waals surface area contributed by atoms with Gasteiger partial charge in [-0.3, -0.25) is 0 Å². The van der Waals surface area contributed by atoms with Crippen LogP contribution in [0, 0.1) is 0 Å². The Morgan fingerprint density at radius 2 is 2.12 bits per heavy atom. The molecule has 0 heterocycles. The van der Waals surface area contributed by atoms with Gasteiger partial charge in [0.1, 0.15) is 0 Å². The lowest BCUT2D eigenvalue weighted by Crippen LogP contribution is -2.30. The minimum absolute atomic E-state index is 0.692. The van der Waals surface area contributed by atoms with Crippen LogP contribution in [0.15, 0.2) is 29.3 Å². The van der Waals surface area contributed by atoms with Gasteiger partial charge in [-0.1, -0.05) is 23.3 Å². The summed E-state index contributed by atoms with van der Waals surface area (Å²) < 4.78 is 0. The van der Waals surface area contributed by atoms with Gasteiger partial charge in [-0.05, 0) is 56.2 Å². The maximum absolute atomic E-state index is 6.08. The van der Waals surface area contributed by atoms with Gasteiger partial charge in [0.05, 0.1) is 0 Å². The number of allylic oxidation sites excluding steroid dienone is 2. The lowest BCUT2D eigenvalue weighted by Gasteiger charge is -2.46. The number of hydrogen-bond acceptors (Lipinski definition) is 1. The predicted molar refractivity (Wildman–Crippen MR) is 68.6 cm³/mol. The Kier molecular flexibility index (Phi) is 2.10. The van der Waals surface area contributed by atoms with Gasteiger partial charge in [-0.2, -0.15) is 0 Å². The molecule has 2 unspecified atom stereocenters. The molecular weight excluding hydrogens is 194 g/mol. The van der Waals surface area contributed by atoms with E-state index in [0.29, 0.717) is 5.92 Å². The van der Waals surface area contributed by atoms with Crippen LogP contribution in [0.2, 0.25) is 0 Å². The van der Waals surface area contributed by atoms with E-state index in [1.807, 2.05) is 6.07 Å². The number of nitrogens with two attached hydrogens (primary N) is 1. The van der Waals surface area contributed by atoms with E-state index >= 15 is 0 Å². The fourth-order valence-electron chi connectivity index (χ4n) is 3.56. The summed E-state index contributed by atoms with van der Waals surface area (Å²) in [5, 5.41) is 0. The monoisotopic (exact) mass is 213 g/mol. The molecule has 2 atom stereocenters. The standard InChI is InChI=1S/C15H19N/c1-9(2)10-5-3-6-11-14(10)12-7-4-8-13(16)15(11)12/h4,7-8,11,14H,3,5-6,16H2,1-2H3. The third-order valence-corrected chi connectivity index (χ3v) is 4.26. The van der Waals surface area contributed by atoms with Crippen molar-refractivity contribution in [3.8, 4) is 0 Å². The minimum atomic E-state index is 0.692. The molecule has 1 aromatic carbocycles. The van der Waals surface area contributed by atoms with E-state index in [9.17, 15) is 0 Å². The largest absolute Gasteiger partial charge is 0.398 e. The van der Waals surface area contributed by atoms with Crippen molar-refractivity contribution >= 4 is 5.69 Å². The second-order valence-electron chi connectivity index (χ2n) is 5.35. The van der Waals surface area contributed by atoms with Crippen LogP contribution in [-0.4, -0.2) is 0 Å². The van der Waals surface area contributed by atoms with Crippen molar-refractivity contribution in [3.05, 3.63) is 40.5 Å². The van der Waals surface area contributed by atoms with Crippen LogP contribution in [0.3, 0.4) is 0 Å². The van der Waals surface area contributed by atoms with Gasteiger partial charge >= 0.3 is 0 Å². The SMILES string of the molecule is CC(C)=C1CCCC2c3c(N)cccc3C12. The maximum Gasteiger partial charge on any atom is 0.0352 e. The fraction of sp³-hybridized carbons (Fsp3) is 0.467. The second-order valence-corrected chi connectivity index (χ2v) is 5.35.